The van der Waals surface area contributed by atoms with Crippen LogP contribution in [0, 0.1) is 0 Å². The molecule has 9 heteroatoms. The lowest BCUT2D eigenvalue weighted by Crippen LogP contribution is -2.22. The molecule has 198 valence electrons. The molecule has 3 aromatic rings. The first-order chi connectivity index (χ1) is 17.6. The Labute approximate surface area is 213 Å². The zero-order chi connectivity index (χ0) is 27.0. The summed E-state index contributed by atoms with van der Waals surface area (Å²) < 4.78 is 46.4. The number of para-hydroxylation sites is 1. The third kappa shape index (κ3) is 7.44. The molecule has 0 aliphatic rings. The summed E-state index contributed by atoms with van der Waals surface area (Å²) in [5.41, 5.74) is 0.160. The summed E-state index contributed by atoms with van der Waals surface area (Å²) in [6.45, 7) is 1.53. The summed E-state index contributed by atoms with van der Waals surface area (Å²) in [4.78, 5) is 36.0. The molecule has 0 aliphatic heterocycles. The van der Waals surface area contributed by atoms with Gasteiger partial charge in [0, 0.05) is 17.1 Å². The van der Waals surface area contributed by atoms with Gasteiger partial charge in [0.2, 0.25) is 0 Å². The normalized spacial score (nSPS) is 11.6. The highest BCUT2D eigenvalue weighted by atomic mass is 19.4. The molecule has 0 radical (unpaired) electrons. The van der Waals surface area contributed by atoms with Gasteiger partial charge in [-0.25, -0.2) is 4.79 Å². The molecule has 2 aromatic carbocycles. The van der Waals surface area contributed by atoms with Crippen molar-refractivity contribution < 1.29 is 37.4 Å². The van der Waals surface area contributed by atoms with Crippen LogP contribution < -0.4 is 4.74 Å². The molecule has 0 aliphatic carbocycles. The first-order valence-electron chi connectivity index (χ1n) is 12.3. The minimum Gasteiger partial charge on any atom is -0.485 e. The lowest BCUT2D eigenvalue weighted by atomic mass is 10.0. The monoisotopic (exact) mass is 517 g/mol. The highest BCUT2D eigenvalue weighted by molar-refractivity contribution is 6.12. The van der Waals surface area contributed by atoms with Crippen LogP contribution >= 0.6 is 0 Å². The number of fused-ring (bicyclic) bond motifs is 1. The van der Waals surface area contributed by atoms with E-state index < -0.39 is 29.3 Å². The highest BCUT2D eigenvalue weighted by Crippen LogP contribution is 2.30. The molecule has 0 saturated heterocycles. The van der Waals surface area contributed by atoms with E-state index in [2.05, 4.69) is 6.92 Å². The minimum absolute atomic E-state index is 0.148. The van der Waals surface area contributed by atoms with Crippen molar-refractivity contribution in [1.29, 1.82) is 0 Å². The van der Waals surface area contributed by atoms with E-state index in [-0.39, 0.29) is 29.6 Å². The van der Waals surface area contributed by atoms with Gasteiger partial charge in [-0.05, 0) is 42.7 Å². The number of aryl methyl sites for hydroxylation is 1. The Morgan fingerprint density at radius 2 is 1.68 bits per heavy atom. The molecular formula is C28H30F3NO5. The van der Waals surface area contributed by atoms with Crippen LogP contribution in [0.2, 0.25) is 0 Å². The number of ether oxygens (including phenoxy) is 1. The van der Waals surface area contributed by atoms with Crippen molar-refractivity contribution in [2.24, 2.45) is 0 Å². The van der Waals surface area contributed by atoms with Gasteiger partial charge < -0.3 is 14.4 Å². The fraction of sp³-hybridized carbons (Fsp3) is 0.393. The molecule has 1 heterocycles. The molecule has 0 saturated carbocycles. The molecule has 0 bridgehead atoms. The van der Waals surface area contributed by atoms with Gasteiger partial charge in [-0.1, -0.05) is 57.2 Å². The Morgan fingerprint density at radius 1 is 0.973 bits per heavy atom. The van der Waals surface area contributed by atoms with E-state index in [4.69, 9.17) is 4.74 Å². The Morgan fingerprint density at radius 3 is 2.38 bits per heavy atom. The molecule has 3 rings (SSSR count). The summed E-state index contributed by atoms with van der Waals surface area (Å²) >= 11 is 0. The Balaban J connectivity index is 1.71. The number of carbonyl (C=O) groups is 3. The van der Waals surface area contributed by atoms with E-state index in [9.17, 15) is 32.7 Å². The van der Waals surface area contributed by atoms with Gasteiger partial charge in [-0.15, -0.1) is 0 Å². The third-order valence-corrected chi connectivity index (χ3v) is 6.14. The van der Waals surface area contributed by atoms with E-state index in [0.29, 0.717) is 5.75 Å². The number of Topliss-reactive ketones (excluding diaryl/α,β-unsaturated/α-hetero) is 2. The molecule has 1 aromatic heterocycles. The van der Waals surface area contributed by atoms with Gasteiger partial charge in [0.1, 0.15) is 12.4 Å². The number of carbonyl (C=O) groups excluding carboxylic acids is 2. The lowest BCUT2D eigenvalue weighted by molar-refractivity contribution is -0.121. The van der Waals surface area contributed by atoms with Gasteiger partial charge in [0.05, 0.1) is 17.7 Å². The molecule has 37 heavy (non-hydrogen) atoms. The molecule has 0 spiro atoms. The van der Waals surface area contributed by atoms with Crippen LogP contribution in [0.1, 0.15) is 71.7 Å². The average Bonchev–Trinajstić information content (AvgIpc) is 3.21. The van der Waals surface area contributed by atoms with E-state index in [1.54, 1.807) is 12.1 Å². The minimum atomic E-state index is -5.15. The number of nitrogens with zero attached hydrogens (tertiary/aromatic N) is 1. The van der Waals surface area contributed by atoms with Crippen molar-refractivity contribution in [3.8, 4) is 5.75 Å². The predicted octanol–water partition coefficient (Wildman–Crippen LogP) is 6.64. The molecule has 0 fully saturated rings. The van der Waals surface area contributed by atoms with Crippen molar-refractivity contribution >= 4 is 28.4 Å². The van der Waals surface area contributed by atoms with E-state index in [1.165, 1.54) is 42.4 Å². The van der Waals surface area contributed by atoms with Crippen molar-refractivity contribution in [2.75, 3.05) is 6.61 Å². The second kappa shape index (κ2) is 12.6. The van der Waals surface area contributed by atoms with E-state index in [1.807, 2.05) is 12.1 Å². The van der Waals surface area contributed by atoms with Gasteiger partial charge >= 0.3 is 12.1 Å². The van der Waals surface area contributed by atoms with Crippen LogP contribution in [0.5, 0.6) is 5.75 Å². The SMILES string of the molecule is CCCCCCCCc1ccccc1OCC(=O)Cn1cc(C(=O)C(F)(F)F)c2cc(C(=O)O)ccc21. The number of benzene rings is 2. The number of unbranched alkanes of at least 4 members (excludes halogenated alkanes) is 5. The fourth-order valence-corrected chi connectivity index (χ4v) is 4.24. The summed E-state index contributed by atoms with van der Waals surface area (Å²) in [5.74, 6) is -3.28. The standard InChI is InChI=1S/C28H30F3NO5/c1-2-3-4-5-6-7-10-19-11-8-9-12-25(19)37-18-21(33)16-32-17-23(26(34)28(29,30)31)22-15-20(27(35)36)13-14-24(22)32/h8-9,11-15,17H,2-7,10,16,18H2,1H3,(H,35,36). The molecule has 1 N–H and O–H groups in total. The zero-order valence-electron chi connectivity index (χ0n) is 20.6. The highest BCUT2D eigenvalue weighted by Gasteiger charge is 2.41. The van der Waals surface area contributed by atoms with Gasteiger partial charge in [-0.3, -0.25) is 9.59 Å². The van der Waals surface area contributed by atoms with E-state index in [0.717, 1.165) is 37.1 Å². The van der Waals surface area contributed by atoms with Crippen molar-refractivity contribution in [1.82, 2.24) is 4.57 Å². The maximum absolute atomic E-state index is 13.1. The number of aromatic carboxylic acids is 1. The number of carboxylic acids is 1. The summed E-state index contributed by atoms with van der Waals surface area (Å²) in [7, 11) is 0. The number of hydrogen-bond donors (Lipinski definition) is 1. The Kier molecular flexibility index (Phi) is 9.49. The Bertz CT molecular complexity index is 1260. The average molecular weight is 518 g/mol. The largest absolute Gasteiger partial charge is 0.485 e. The summed E-state index contributed by atoms with van der Waals surface area (Å²) in [5, 5.41) is 9.02. The van der Waals surface area contributed by atoms with Gasteiger partial charge in [-0.2, -0.15) is 13.2 Å². The predicted molar refractivity (Wildman–Crippen MR) is 133 cm³/mol. The maximum atomic E-state index is 13.1. The molecule has 6 nitrogen and oxygen atoms in total. The smallest absolute Gasteiger partial charge is 0.454 e. The van der Waals surface area contributed by atoms with Gasteiger partial charge in [0.15, 0.2) is 5.78 Å². The van der Waals surface area contributed by atoms with Crippen molar-refractivity contribution in [3.05, 3.63) is 65.4 Å². The lowest BCUT2D eigenvalue weighted by Gasteiger charge is -2.12. The first-order valence-corrected chi connectivity index (χ1v) is 12.3. The first kappa shape index (κ1) is 28.0. The summed E-state index contributed by atoms with van der Waals surface area (Å²) in [6.07, 6.45) is 3.52. The van der Waals surface area contributed by atoms with Gasteiger partial charge in [0.25, 0.3) is 5.78 Å². The number of rotatable bonds is 14. The van der Waals surface area contributed by atoms with E-state index >= 15 is 0 Å². The maximum Gasteiger partial charge on any atom is 0.454 e. The van der Waals surface area contributed by atoms with Crippen LogP contribution in [0.25, 0.3) is 10.9 Å². The van der Waals surface area contributed by atoms with Crippen LogP contribution in [0.4, 0.5) is 13.2 Å². The second-order valence-electron chi connectivity index (χ2n) is 8.99. The third-order valence-electron chi connectivity index (χ3n) is 6.14. The molecule has 0 amide bonds. The van der Waals surface area contributed by atoms with Crippen molar-refractivity contribution in [2.45, 2.75) is 64.6 Å². The van der Waals surface area contributed by atoms with Crippen LogP contribution in [-0.4, -0.2) is 40.0 Å². The zero-order valence-corrected chi connectivity index (χ0v) is 20.6. The van der Waals surface area contributed by atoms with Crippen molar-refractivity contribution in [3.63, 3.8) is 0 Å². The van der Waals surface area contributed by atoms with Crippen LogP contribution in [0.15, 0.2) is 48.7 Å². The number of ketones is 2. The Hall–Kier alpha value is -3.62. The number of carboxylic acid groups (broad SMARTS) is 1. The fourth-order valence-electron chi connectivity index (χ4n) is 4.24. The number of halogens is 3. The number of hydrogen-bond acceptors (Lipinski definition) is 4. The van der Waals surface area contributed by atoms with Crippen LogP contribution in [-0.2, 0) is 17.8 Å². The molecule has 0 atom stereocenters. The molecule has 0 unspecified atom stereocenters. The summed E-state index contributed by atoms with van der Waals surface area (Å²) in [6, 6.07) is 10.9. The van der Waals surface area contributed by atoms with Crippen LogP contribution in [0.3, 0.4) is 0 Å². The number of alkyl halides is 3. The second-order valence-corrected chi connectivity index (χ2v) is 8.99. The topological polar surface area (TPSA) is 85.6 Å². The quantitative estimate of drug-likeness (QED) is 0.192. The number of aromatic nitrogens is 1. The molecular weight excluding hydrogens is 487 g/mol.